The molecule has 0 bridgehead atoms. The molecule has 0 aliphatic rings. The molecule has 1 unspecified atom stereocenters. The molecule has 1 aromatic rings. The van der Waals surface area contributed by atoms with Gasteiger partial charge in [0.25, 0.3) is 0 Å². The summed E-state index contributed by atoms with van der Waals surface area (Å²) in [6, 6.07) is 3.58. The van der Waals surface area contributed by atoms with Gasteiger partial charge >= 0.3 is 0 Å². The molecule has 4 N–H and O–H groups in total. The molecule has 4 heteroatoms. The summed E-state index contributed by atoms with van der Waals surface area (Å²) in [6.45, 7) is 2.91. The standard InChI is InChI=1S/C13H20F2N2/c1-2-10(5-9(7-16)8-17)12-6-11(14)3-4-13(12)15/h3-4,6,9-10H,2,5,7-8,16-17H2,1H3. The molecule has 96 valence electrons. The van der Waals surface area contributed by atoms with Crippen molar-refractivity contribution >= 4 is 0 Å². The minimum Gasteiger partial charge on any atom is -0.330 e. The zero-order valence-electron chi connectivity index (χ0n) is 10.1. The van der Waals surface area contributed by atoms with Crippen LogP contribution in [0.4, 0.5) is 8.78 Å². The predicted molar refractivity (Wildman–Crippen MR) is 65.6 cm³/mol. The summed E-state index contributed by atoms with van der Waals surface area (Å²) in [4.78, 5) is 0. The molecule has 1 atom stereocenters. The lowest BCUT2D eigenvalue weighted by molar-refractivity contribution is 0.429. The van der Waals surface area contributed by atoms with Crippen molar-refractivity contribution in [2.24, 2.45) is 17.4 Å². The molecular weight excluding hydrogens is 222 g/mol. The van der Waals surface area contributed by atoms with Crippen LogP contribution in [0.2, 0.25) is 0 Å². The van der Waals surface area contributed by atoms with Crippen molar-refractivity contribution in [1.29, 1.82) is 0 Å². The Morgan fingerprint density at radius 2 is 1.82 bits per heavy atom. The number of hydrogen-bond donors (Lipinski definition) is 2. The molecule has 0 aliphatic heterocycles. The average Bonchev–Trinajstić information content (AvgIpc) is 2.34. The van der Waals surface area contributed by atoms with Gasteiger partial charge in [0.2, 0.25) is 0 Å². The molecule has 0 saturated heterocycles. The smallest absolute Gasteiger partial charge is 0.126 e. The first-order chi connectivity index (χ1) is 8.12. The lowest BCUT2D eigenvalue weighted by atomic mass is 9.86. The van der Waals surface area contributed by atoms with Crippen LogP contribution in [0.3, 0.4) is 0 Å². The Hall–Kier alpha value is -1.00. The van der Waals surface area contributed by atoms with E-state index in [2.05, 4.69) is 0 Å². The minimum atomic E-state index is -0.406. The van der Waals surface area contributed by atoms with Gasteiger partial charge in [-0.1, -0.05) is 6.92 Å². The highest BCUT2D eigenvalue weighted by Gasteiger charge is 2.18. The molecule has 1 aromatic carbocycles. The van der Waals surface area contributed by atoms with Crippen LogP contribution in [0.5, 0.6) is 0 Å². The number of halogens is 2. The average molecular weight is 242 g/mol. The number of benzene rings is 1. The van der Waals surface area contributed by atoms with E-state index in [1.807, 2.05) is 6.92 Å². The van der Waals surface area contributed by atoms with Gasteiger partial charge in [0.05, 0.1) is 0 Å². The Bertz CT molecular complexity index is 351. The van der Waals surface area contributed by atoms with Crippen molar-refractivity contribution in [2.75, 3.05) is 13.1 Å². The third-order valence-corrected chi connectivity index (χ3v) is 3.18. The first-order valence-electron chi connectivity index (χ1n) is 5.97. The molecule has 0 aromatic heterocycles. The van der Waals surface area contributed by atoms with Crippen LogP contribution in [0.1, 0.15) is 31.2 Å². The molecule has 0 amide bonds. The zero-order chi connectivity index (χ0) is 12.8. The van der Waals surface area contributed by atoms with Gasteiger partial charge in [-0.15, -0.1) is 0 Å². The highest BCUT2D eigenvalue weighted by atomic mass is 19.1. The van der Waals surface area contributed by atoms with Gasteiger partial charge in [0, 0.05) is 0 Å². The molecule has 1 rings (SSSR count). The highest BCUT2D eigenvalue weighted by molar-refractivity contribution is 5.22. The fourth-order valence-corrected chi connectivity index (χ4v) is 2.03. The summed E-state index contributed by atoms with van der Waals surface area (Å²) in [7, 11) is 0. The Morgan fingerprint density at radius 3 is 2.35 bits per heavy atom. The second kappa shape index (κ2) is 6.67. The summed E-state index contributed by atoms with van der Waals surface area (Å²) >= 11 is 0. The lowest BCUT2D eigenvalue weighted by Gasteiger charge is -2.21. The van der Waals surface area contributed by atoms with Crippen molar-refractivity contribution in [1.82, 2.24) is 0 Å². The Balaban J connectivity index is 2.89. The van der Waals surface area contributed by atoms with Crippen molar-refractivity contribution < 1.29 is 8.78 Å². The van der Waals surface area contributed by atoms with Crippen LogP contribution in [-0.2, 0) is 0 Å². The van der Waals surface area contributed by atoms with Crippen molar-refractivity contribution in [3.05, 3.63) is 35.4 Å². The monoisotopic (exact) mass is 242 g/mol. The maximum Gasteiger partial charge on any atom is 0.126 e. The van der Waals surface area contributed by atoms with E-state index in [9.17, 15) is 8.78 Å². The molecule has 17 heavy (non-hydrogen) atoms. The van der Waals surface area contributed by atoms with E-state index in [1.165, 1.54) is 12.1 Å². The van der Waals surface area contributed by atoms with Gasteiger partial charge in [-0.05, 0) is 61.5 Å². The minimum absolute atomic E-state index is 0.0252. The number of nitrogens with two attached hydrogens (primary N) is 2. The van der Waals surface area contributed by atoms with Gasteiger partial charge in [-0.3, -0.25) is 0 Å². The molecule has 0 saturated carbocycles. The van der Waals surface area contributed by atoms with Crippen LogP contribution in [0, 0.1) is 17.6 Å². The topological polar surface area (TPSA) is 52.0 Å². The van der Waals surface area contributed by atoms with E-state index in [0.717, 1.165) is 12.5 Å². The Morgan fingerprint density at radius 1 is 1.18 bits per heavy atom. The van der Waals surface area contributed by atoms with E-state index in [-0.39, 0.29) is 17.7 Å². The van der Waals surface area contributed by atoms with Crippen molar-refractivity contribution in [2.45, 2.75) is 25.7 Å². The summed E-state index contributed by atoms with van der Waals surface area (Å²) in [6.07, 6.45) is 1.45. The molecule has 0 heterocycles. The largest absolute Gasteiger partial charge is 0.330 e. The molecule has 0 radical (unpaired) electrons. The summed E-state index contributed by atoms with van der Waals surface area (Å²) < 4.78 is 26.8. The molecule has 0 aliphatic carbocycles. The van der Waals surface area contributed by atoms with Crippen LogP contribution in [0.15, 0.2) is 18.2 Å². The van der Waals surface area contributed by atoms with Crippen LogP contribution in [0.25, 0.3) is 0 Å². The normalized spacial score (nSPS) is 13.1. The van der Waals surface area contributed by atoms with Gasteiger partial charge < -0.3 is 11.5 Å². The predicted octanol–water partition coefficient (Wildman–Crippen LogP) is 2.38. The van der Waals surface area contributed by atoms with Gasteiger partial charge in [-0.25, -0.2) is 8.78 Å². The van der Waals surface area contributed by atoms with Gasteiger partial charge in [-0.2, -0.15) is 0 Å². The van der Waals surface area contributed by atoms with Crippen LogP contribution >= 0.6 is 0 Å². The molecule has 0 fully saturated rings. The Labute approximate surface area is 101 Å². The maximum atomic E-state index is 13.6. The van der Waals surface area contributed by atoms with E-state index in [0.29, 0.717) is 25.1 Å². The SMILES string of the molecule is CCC(CC(CN)CN)c1cc(F)ccc1F. The van der Waals surface area contributed by atoms with Gasteiger partial charge in [0.15, 0.2) is 0 Å². The summed E-state index contributed by atoms with van der Waals surface area (Å²) in [5.74, 6) is -0.631. The quantitative estimate of drug-likeness (QED) is 0.804. The third-order valence-electron chi connectivity index (χ3n) is 3.18. The summed E-state index contributed by atoms with van der Waals surface area (Å²) in [5.41, 5.74) is 11.6. The van der Waals surface area contributed by atoms with E-state index in [4.69, 9.17) is 11.5 Å². The van der Waals surface area contributed by atoms with Crippen LogP contribution < -0.4 is 11.5 Å². The second-order valence-corrected chi connectivity index (χ2v) is 4.34. The first-order valence-corrected chi connectivity index (χ1v) is 5.97. The lowest BCUT2D eigenvalue weighted by Crippen LogP contribution is -2.25. The fourth-order valence-electron chi connectivity index (χ4n) is 2.03. The van der Waals surface area contributed by atoms with E-state index < -0.39 is 5.82 Å². The number of hydrogen-bond acceptors (Lipinski definition) is 2. The molecule has 0 spiro atoms. The maximum absolute atomic E-state index is 13.6. The van der Waals surface area contributed by atoms with E-state index >= 15 is 0 Å². The second-order valence-electron chi connectivity index (χ2n) is 4.34. The third kappa shape index (κ3) is 3.75. The van der Waals surface area contributed by atoms with Gasteiger partial charge in [0.1, 0.15) is 11.6 Å². The first kappa shape index (κ1) is 14.1. The van der Waals surface area contributed by atoms with Crippen LogP contribution in [-0.4, -0.2) is 13.1 Å². The highest BCUT2D eigenvalue weighted by Crippen LogP contribution is 2.29. The van der Waals surface area contributed by atoms with E-state index in [1.54, 1.807) is 0 Å². The molecule has 2 nitrogen and oxygen atoms in total. The Kier molecular flexibility index (Phi) is 5.51. The number of rotatable bonds is 6. The summed E-state index contributed by atoms with van der Waals surface area (Å²) in [5, 5.41) is 0. The van der Waals surface area contributed by atoms with Crippen molar-refractivity contribution in [3.63, 3.8) is 0 Å². The van der Waals surface area contributed by atoms with Crippen molar-refractivity contribution in [3.8, 4) is 0 Å². The molecular formula is C13H20F2N2. The zero-order valence-corrected chi connectivity index (χ0v) is 10.1. The fraction of sp³-hybridized carbons (Fsp3) is 0.538.